The van der Waals surface area contributed by atoms with Crippen LogP contribution in [0.1, 0.15) is 33.5 Å². The molecule has 5 heteroatoms. The summed E-state index contributed by atoms with van der Waals surface area (Å²) in [5.74, 6) is 2.22. The summed E-state index contributed by atoms with van der Waals surface area (Å²) in [5.41, 5.74) is 4.07. The van der Waals surface area contributed by atoms with Gasteiger partial charge in [-0.15, -0.1) is 0 Å². The molecule has 0 amide bonds. The molecule has 168 valence electrons. The first kappa shape index (κ1) is 22.2. The number of ketones is 1. The average molecular weight is 443 g/mol. The summed E-state index contributed by atoms with van der Waals surface area (Å²) in [4.78, 5) is 13.8. The molecule has 0 aliphatic heterocycles. The highest BCUT2D eigenvalue weighted by Crippen LogP contribution is 2.40. The van der Waals surface area contributed by atoms with Gasteiger partial charge in [0.2, 0.25) is 5.75 Å². The van der Waals surface area contributed by atoms with Crippen LogP contribution in [0.3, 0.4) is 0 Å². The molecule has 0 bridgehead atoms. The maximum absolute atomic E-state index is 13.8. The number of aryl methyl sites for hydroxylation is 1. The van der Waals surface area contributed by atoms with E-state index < -0.39 is 0 Å². The number of rotatable bonds is 8. The van der Waals surface area contributed by atoms with E-state index >= 15 is 0 Å². The van der Waals surface area contributed by atoms with E-state index in [-0.39, 0.29) is 5.78 Å². The largest absolute Gasteiger partial charge is 0.493 e. The molecule has 0 aromatic heterocycles. The molecular formula is C28H26O5. The van der Waals surface area contributed by atoms with Gasteiger partial charge in [-0.25, -0.2) is 0 Å². The van der Waals surface area contributed by atoms with Gasteiger partial charge in [0.05, 0.1) is 26.9 Å². The van der Waals surface area contributed by atoms with Gasteiger partial charge in [-0.1, -0.05) is 36.4 Å². The van der Waals surface area contributed by atoms with Crippen LogP contribution in [0.2, 0.25) is 0 Å². The van der Waals surface area contributed by atoms with Crippen molar-refractivity contribution in [2.75, 3.05) is 21.3 Å². The van der Waals surface area contributed by atoms with Crippen LogP contribution in [0.5, 0.6) is 28.7 Å². The molecule has 1 aliphatic carbocycles. The van der Waals surface area contributed by atoms with Crippen molar-refractivity contribution in [3.05, 3.63) is 95.1 Å². The molecule has 0 heterocycles. The van der Waals surface area contributed by atoms with Crippen molar-refractivity contribution >= 4 is 11.4 Å². The van der Waals surface area contributed by atoms with Crippen LogP contribution in [0, 0.1) is 6.92 Å². The predicted octanol–water partition coefficient (Wildman–Crippen LogP) is 6.39. The Morgan fingerprint density at radius 3 is 2.21 bits per heavy atom. The fourth-order valence-corrected chi connectivity index (χ4v) is 3.83. The second-order valence-electron chi connectivity index (χ2n) is 7.70. The average Bonchev–Trinajstić information content (AvgIpc) is 3.38. The molecule has 0 fully saturated rings. The lowest BCUT2D eigenvalue weighted by Gasteiger charge is -2.16. The number of ether oxygens (including phenoxy) is 4. The molecule has 0 spiro atoms. The van der Waals surface area contributed by atoms with Crippen molar-refractivity contribution in [3.63, 3.8) is 0 Å². The molecule has 0 unspecified atom stereocenters. The molecule has 3 aromatic carbocycles. The van der Waals surface area contributed by atoms with Crippen LogP contribution in [0.4, 0.5) is 0 Å². The number of methoxy groups -OCH3 is 3. The number of allylic oxidation sites excluding steroid dienone is 4. The van der Waals surface area contributed by atoms with Gasteiger partial charge in [0.25, 0.3) is 0 Å². The zero-order chi connectivity index (χ0) is 23.4. The molecule has 0 N–H and O–H groups in total. The van der Waals surface area contributed by atoms with Crippen LogP contribution < -0.4 is 18.9 Å². The van der Waals surface area contributed by atoms with Crippen LogP contribution in [0.25, 0.3) is 5.57 Å². The molecular weight excluding hydrogens is 416 g/mol. The third kappa shape index (κ3) is 4.62. The summed E-state index contributed by atoms with van der Waals surface area (Å²) in [6, 6.07) is 16.8. The van der Waals surface area contributed by atoms with Gasteiger partial charge in [-0.05, 0) is 66.4 Å². The third-order valence-electron chi connectivity index (χ3n) is 5.51. The van der Waals surface area contributed by atoms with Crippen LogP contribution in [-0.4, -0.2) is 27.1 Å². The van der Waals surface area contributed by atoms with Gasteiger partial charge in [-0.2, -0.15) is 0 Å². The Bertz CT molecular complexity index is 1230. The maximum atomic E-state index is 13.8. The lowest BCUT2D eigenvalue weighted by Crippen LogP contribution is -2.06. The first-order valence-electron chi connectivity index (χ1n) is 10.6. The lowest BCUT2D eigenvalue weighted by atomic mass is 9.96. The van der Waals surface area contributed by atoms with Crippen molar-refractivity contribution in [1.29, 1.82) is 0 Å². The van der Waals surface area contributed by atoms with Gasteiger partial charge < -0.3 is 18.9 Å². The van der Waals surface area contributed by atoms with E-state index in [9.17, 15) is 4.79 Å². The Kier molecular flexibility index (Phi) is 6.50. The molecule has 0 atom stereocenters. The highest BCUT2D eigenvalue weighted by Gasteiger charge is 2.22. The van der Waals surface area contributed by atoms with E-state index in [0.29, 0.717) is 39.9 Å². The van der Waals surface area contributed by atoms with E-state index in [1.165, 1.54) is 21.3 Å². The normalized spacial score (nSPS) is 12.3. The minimum atomic E-state index is -0.203. The SMILES string of the molecule is COc1cc(C(=O)c2cc(C3=CC=CC3)ccc2Oc2cccc(C)c2)cc(OC)c1OC. The maximum Gasteiger partial charge on any atom is 0.203 e. The zero-order valence-electron chi connectivity index (χ0n) is 19.2. The fraction of sp³-hybridized carbons (Fsp3) is 0.179. The Morgan fingerprint density at radius 1 is 0.848 bits per heavy atom. The van der Waals surface area contributed by atoms with Gasteiger partial charge in [0.15, 0.2) is 17.3 Å². The Labute approximate surface area is 193 Å². The summed E-state index contributed by atoms with van der Waals surface area (Å²) < 4.78 is 22.5. The summed E-state index contributed by atoms with van der Waals surface area (Å²) in [7, 11) is 4.58. The predicted molar refractivity (Wildman–Crippen MR) is 129 cm³/mol. The van der Waals surface area contributed by atoms with Crippen molar-refractivity contribution < 1.29 is 23.7 Å². The van der Waals surface area contributed by atoms with E-state index in [4.69, 9.17) is 18.9 Å². The minimum absolute atomic E-state index is 0.203. The first-order chi connectivity index (χ1) is 16.0. The quantitative estimate of drug-likeness (QED) is 0.379. The van der Waals surface area contributed by atoms with E-state index in [1.807, 2.05) is 55.5 Å². The van der Waals surface area contributed by atoms with Crippen LogP contribution in [0.15, 0.2) is 72.8 Å². The molecule has 0 saturated heterocycles. The zero-order valence-corrected chi connectivity index (χ0v) is 19.2. The highest BCUT2D eigenvalue weighted by atomic mass is 16.5. The molecule has 5 nitrogen and oxygen atoms in total. The molecule has 1 aliphatic rings. The minimum Gasteiger partial charge on any atom is -0.493 e. The highest BCUT2D eigenvalue weighted by molar-refractivity contribution is 6.11. The Morgan fingerprint density at radius 2 is 1.61 bits per heavy atom. The van der Waals surface area contributed by atoms with Crippen molar-refractivity contribution in [1.82, 2.24) is 0 Å². The second-order valence-corrected chi connectivity index (χ2v) is 7.70. The lowest BCUT2D eigenvalue weighted by molar-refractivity contribution is 0.103. The summed E-state index contributed by atoms with van der Waals surface area (Å²) in [6.45, 7) is 2.00. The van der Waals surface area contributed by atoms with Crippen molar-refractivity contribution in [2.45, 2.75) is 13.3 Å². The second kappa shape index (κ2) is 9.65. The molecule has 0 radical (unpaired) electrons. The van der Waals surface area contributed by atoms with Gasteiger partial charge in [0.1, 0.15) is 11.5 Å². The molecule has 33 heavy (non-hydrogen) atoms. The number of benzene rings is 3. The third-order valence-corrected chi connectivity index (χ3v) is 5.51. The van der Waals surface area contributed by atoms with E-state index in [0.717, 1.165) is 23.1 Å². The Balaban J connectivity index is 1.81. The fourth-order valence-electron chi connectivity index (χ4n) is 3.83. The smallest absolute Gasteiger partial charge is 0.203 e. The molecule has 4 rings (SSSR count). The summed E-state index contributed by atoms with van der Waals surface area (Å²) in [5, 5.41) is 0. The van der Waals surface area contributed by atoms with Crippen LogP contribution >= 0.6 is 0 Å². The van der Waals surface area contributed by atoms with E-state index in [1.54, 1.807) is 12.1 Å². The van der Waals surface area contributed by atoms with Crippen molar-refractivity contribution in [3.8, 4) is 28.7 Å². The van der Waals surface area contributed by atoms with Gasteiger partial charge in [-0.3, -0.25) is 4.79 Å². The molecule has 3 aromatic rings. The number of hydrogen-bond acceptors (Lipinski definition) is 5. The summed E-state index contributed by atoms with van der Waals surface area (Å²) in [6.07, 6.45) is 7.00. The number of hydrogen-bond donors (Lipinski definition) is 0. The van der Waals surface area contributed by atoms with E-state index in [2.05, 4.69) is 12.2 Å². The molecule has 0 saturated carbocycles. The summed E-state index contributed by atoms with van der Waals surface area (Å²) >= 11 is 0. The van der Waals surface area contributed by atoms with Gasteiger partial charge >= 0.3 is 0 Å². The monoisotopic (exact) mass is 442 g/mol. The Hall–Kier alpha value is -3.99. The standard InChI is InChI=1S/C28H26O5/c1-18-8-7-11-22(14-18)33-24-13-12-20(19-9-5-6-10-19)15-23(24)27(29)21-16-25(30-2)28(32-4)26(17-21)31-3/h5-9,11-17H,10H2,1-4H3. The number of carbonyl (C=O) groups excluding carboxylic acids is 1. The topological polar surface area (TPSA) is 54.0 Å². The van der Waals surface area contributed by atoms with Crippen LogP contribution in [-0.2, 0) is 0 Å². The first-order valence-corrected chi connectivity index (χ1v) is 10.6. The van der Waals surface area contributed by atoms with Crippen molar-refractivity contribution in [2.24, 2.45) is 0 Å². The van der Waals surface area contributed by atoms with Gasteiger partial charge in [0, 0.05) is 5.56 Å². The number of carbonyl (C=O) groups is 1.